The Morgan fingerprint density at radius 3 is 2.45 bits per heavy atom. The topological polar surface area (TPSA) is 72.9 Å². The number of hydrogen-bond acceptors (Lipinski definition) is 5. The molecule has 0 saturated carbocycles. The number of rotatable bonds is 2. The molecule has 104 valence electrons. The number of nitrogens with zero attached hydrogens (tertiary/aromatic N) is 2. The smallest absolute Gasteiger partial charge is 0.259 e. The van der Waals surface area contributed by atoms with Crippen LogP contribution >= 0.6 is 0 Å². The summed E-state index contributed by atoms with van der Waals surface area (Å²) in [5.74, 6) is -0.623. The van der Waals surface area contributed by atoms with Crippen molar-refractivity contribution in [1.29, 1.82) is 0 Å². The number of nitrogens with one attached hydrogen (secondary N) is 1. The first-order valence-electron chi connectivity index (χ1n) is 6.78. The highest BCUT2D eigenvalue weighted by Crippen LogP contribution is 2.29. The Bertz CT molecular complexity index is 604. The Labute approximate surface area is 116 Å². The van der Waals surface area contributed by atoms with E-state index in [-0.39, 0.29) is 17.9 Å². The number of amides is 2. The van der Waals surface area contributed by atoms with E-state index in [1.54, 1.807) is 12.1 Å². The molecular formula is C14H15N3O3. The van der Waals surface area contributed by atoms with Gasteiger partial charge in [0.2, 0.25) is 0 Å². The van der Waals surface area contributed by atoms with Crippen molar-refractivity contribution in [3.05, 3.63) is 29.3 Å². The number of likely N-dealkylation sites (tertiary alicyclic amines) is 1. The van der Waals surface area contributed by atoms with Crippen LogP contribution in [0.25, 0.3) is 0 Å². The number of carbonyl (C=O) groups excluding carboxylic acids is 2. The van der Waals surface area contributed by atoms with Gasteiger partial charge in [0, 0.05) is 37.9 Å². The summed E-state index contributed by atoms with van der Waals surface area (Å²) in [6.07, 6.45) is -0.168. The highest BCUT2D eigenvalue weighted by Gasteiger charge is 2.38. The van der Waals surface area contributed by atoms with Gasteiger partial charge in [-0.05, 0) is 18.2 Å². The first-order chi connectivity index (χ1) is 9.61. The van der Waals surface area contributed by atoms with Crippen LogP contribution in [0.1, 0.15) is 20.7 Å². The van der Waals surface area contributed by atoms with Crippen molar-refractivity contribution in [2.24, 2.45) is 0 Å². The van der Waals surface area contributed by atoms with Gasteiger partial charge in [-0.25, -0.2) is 0 Å². The zero-order valence-corrected chi connectivity index (χ0v) is 10.9. The van der Waals surface area contributed by atoms with E-state index in [0.29, 0.717) is 17.2 Å². The lowest BCUT2D eigenvalue weighted by Gasteiger charge is -2.51. The number of hydrogen-bond donors (Lipinski definition) is 2. The van der Waals surface area contributed by atoms with Gasteiger partial charge >= 0.3 is 0 Å². The van der Waals surface area contributed by atoms with Crippen LogP contribution in [0.2, 0.25) is 0 Å². The van der Waals surface area contributed by atoms with Gasteiger partial charge in [0.15, 0.2) is 0 Å². The molecule has 2 saturated heterocycles. The van der Waals surface area contributed by atoms with Gasteiger partial charge in [-0.2, -0.15) is 0 Å². The maximum absolute atomic E-state index is 11.6. The number of imide groups is 1. The Hall–Kier alpha value is -1.92. The van der Waals surface area contributed by atoms with Crippen molar-refractivity contribution in [2.75, 3.05) is 31.1 Å². The van der Waals surface area contributed by atoms with Gasteiger partial charge in [0.25, 0.3) is 11.8 Å². The van der Waals surface area contributed by atoms with E-state index >= 15 is 0 Å². The molecule has 6 heteroatoms. The van der Waals surface area contributed by atoms with E-state index in [1.807, 2.05) is 6.07 Å². The maximum Gasteiger partial charge on any atom is 0.259 e. The second-order valence-corrected chi connectivity index (χ2v) is 5.68. The zero-order valence-electron chi connectivity index (χ0n) is 10.9. The molecule has 1 aromatic carbocycles. The first kappa shape index (κ1) is 11.9. The van der Waals surface area contributed by atoms with E-state index in [4.69, 9.17) is 0 Å². The highest BCUT2D eigenvalue weighted by molar-refractivity contribution is 6.21. The first-order valence-corrected chi connectivity index (χ1v) is 6.78. The molecule has 1 aromatic rings. The second kappa shape index (κ2) is 4.04. The van der Waals surface area contributed by atoms with Gasteiger partial charge < -0.3 is 10.0 Å². The van der Waals surface area contributed by atoms with Gasteiger partial charge in [-0.15, -0.1) is 0 Å². The van der Waals surface area contributed by atoms with Gasteiger partial charge in [-0.3, -0.25) is 19.8 Å². The third kappa shape index (κ3) is 1.65. The maximum atomic E-state index is 11.6. The van der Waals surface area contributed by atoms with Crippen LogP contribution < -0.4 is 10.2 Å². The minimum atomic E-state index is -0.312. The Balaban J connectivity index is 1.47. The van der Waals surface area contributed by atoms with Crippen LogP contribution in [0, 0.1) is 0 Å². The average Bonchev–Trinajstić information content (AvgIpc) is 2.61. The van der Waals surface area contributed by atoms with Crippen LogP contribution in [0.4, 0.5) is 5.69 Å². The summed E-state index contributed by atoms with van der Waals surface area (Å²) in [6, 6.07) is 5.88. The van der Waals surface area contributed by atoms with E-state index in [0.717, 1.165) is 31.9 Å². The number of aliphatic hydroxyl groups excluding tert-OH is 1. The van der Waals surface area contributed by atoms with Crippen LogP contribution in [0.15, 0.2) is 18.2 Å². The summed E-state index contributed by atoms with van der Waals surface area (Å²) in [6.45, 7) is 3.33. The van der Waals surface area contributed by atoms with E-state index in [9.17, 15) is 14.7 Å². The summed E-state index contributed by atoms with van der Waals surface area (Å²) in [5, 5.41) is 11.6. The van der Waals surface area contributed by atoms with Crippen molar-refractivity contribution >= 4 is 17.5 Å². The van der Waals surface area contributed by atoms with E-state index < -0.39 is 0 Å². The minimum Gasteiger partial charge on any atom is -0.390 e. The minimum absolute atomic E-state index is 0.168. The average molecular weight is 273 g/mol. The Morgan fingerprint density at radius 1 is 1.05 bits per heavy atom. The molecule has 6 nitrogen and oxygen atoms in total. The standard InChI is InChI=1S/C14H15N3O3/c18-10-6-17(7-10)9-4-16(5-9)8-1-2-11-12(3-8)14(20)15-13(11)19/h1-3,9-10,18H,4-7H2,(H,15,19,20). The molecule has 2 N–H and O–H groups in total. The van der Waals surface area contributed by atoms with E-state index in [1.165, 1.54) is 0 Å². The van der Waals surface area contributed by atoms with Crippen molar-refractivity contribution in [3.8, 4) is 0 Å². The molecule has 4 rings (SSSR count). The molecule has 2 fully saturated rings. The van der Waals surface area contributed by atoms with Gasteiger partial charge in [0.1, 0.15) is 0 Å². The summed E-state index contributed by atoms with van der Waals surface area (Å²) in [5.41, 5.74) is 1.91. The van der Waals surface area contributed by atoms with Gasteiger partial charge in [0.05, 0.1) is 17.2 Å². The Morgan fingerprint density at radius 2 is 1.75 bits per heavy atom. The number of benzene rings is 1. The molecule has 0 spiro atoms. The predicted octanol–water partition coefficient (Wildman–Crippen LogP) is -0.565. The van der Waals surface area contributed by atoms with Crippen LogP contribution in [0.3, 0.4) is 0 Å². The van der Waals surface area contributed by atoms with Crippen molar-refractivity contribution < 1.29 is 14.7 Å². The second-order valence-electron chi connectivity index (χ2n) is 5.68. The molecule has 0 aromatic heterocycles. The third-order valence-electron chi connectivity index (χ3n) is 4.35. The number of anilines is 1. The molecule has 0 radical (unpaired) electrons. The SMILES string of the molecule is O=C1NC(=O)c2cc(N3CC(N4CC(O)C4)C3)ccc21. The molecule has 3 aliphatic rings. The van der Waals surface area contributed by atoms with Crippen molar-refractivity contribution in [3.63, 3.8) is 0 Å². The molecule has 2 amide bonds. The molecule has 0 bridgehead atoms. The largest absolute Gasteiger partial charge is 0.390 e. The lowest BCUT2D eigenvalue weighted by Crippen LogP contribution is -2.66. The highest BCUT2D eigenvalue weighted by atomic mass is 16.3. The van der Waals surface area contributed by atoms with Crippen LogP contribution in [-0.4, -0.2) is 60.1 Å². The number of carbonyl (C=O) groups is 2. The summed E-state index contributed by atoms with van der Waals surface area (Å²) >= 11 is 0. The number of fused-ring (bicyclic) bond motifs is 1. The molecule has 0 atom stereocenters. The summed E-state index contributed by atoms with van der Waals surface area (Å²) in [7, 11) is 0. The van der Waals surface area contributed by atoms with E-state index in [2.05, 4.69) is 15.1 Å². The number of aliphatic hydroxyl groups is 1. The molecule has 3 aliphatic heterocycles. The summed E-state index contributed by atoms with van der Waals surface area (Å²) in [4.78, 5) is 27.6. The molecule has 0 aliphatic carbocycles. The van der Waals surface area contributed by atoms with Crippen LogP contribution in [-0.2, 0) is 0 Å². The summed E-state index contributed by atoms with van der Waals surface area (Å²) < 4.78 is 0. The Kier molecular flexibility index (Phi) is 2.40. The third-order valence-corrected chi connectivity index (χ3v) is 4.35. The normalized spacial score (nSPS) is 23.4. The van der Waals surface area contributed by atoms with Crippen molar-refractivity contribution in [2.45, 2.75) is 12.1 Å². The van der Waals surface area contributed by atoms with Gasteiger partial charge in [-0.1, -0.05) is 0 Å². The fourth-order valence-corrected chi connectivity index (χ4v) is 3.04. The molecule has 0 unspecified atom stereocenters. The van der Waals surface area contributed by atoms with Crippen molar-refractivity contribution in [1.82, 2.24) is 10.2 Å². The lowest BCUT2D eigenvalue weighted by molar-refractivity contribution is -0.0311. The fraction of sp³-hybridized carbons (Fsp3) is 0.429. The monoisotopic (exact) mass is 273 g/mol. The predicted molar refractivity (Wildman–Crippen MR) is 71.8 cm³/mol. The zero-order chi connectivity index (χ0) is 13.9. The fourth-order valence-electron chi connectivity index (χ4n) is 3.04. The molecule has 20 heavy (non-hydrogen) atoms. The molecular weight excluding hydrogens is 258 g/mol. The van der Waals surface area contributed by atoms with Crippen LogP contribution in [0.5, 0.6) is 0 Å². The quantitative estimate of drug-likeness (QED) is 0.706. The lowest BCUT2D eigenvalue weighted by atomic mass is 9.99. The molecule has 3 heterocycles. The number of β-amino-alcohol motifs (C(OH)–C–C–N with tert-alkyl or cyclic N) is 1.